The topological polar surface area (TPSA) is 26.3 Å². The molecule has 0 N–H and O–H groups in total. The number of hydrogen-bond acceptors (Lipinski definition) is 2. The van der Waals surface area contributed by atoms with E-state index in [2.05, 4.69) is 13.8 Å². The molecule has 1 rings (SSSR count). The molecule has 76 valence electrons. The van der Waals surface area contributed by atoms with Crippen LogP contribution in [0.15, 0.2) is 12.1 Å². The standard InChI is InChI=1S/C12H16O2/c1-9-6-7-12(14-3)11(10(9)2)5-4-8-13/h6-8H,4-5H2,1-3H3. The Labute approximate surface area is 84.9 Å². The maximum atomic E-state index is 10.3. The fraction of sp³-hybridized carbons (Fsp3) is 0.417. The Bertz CT molecular complexity index is 329. The molecule has 1 aromatic rings. The number of carbonyl (C=O) groups excluding carboxylic acids is 1. The Morgan fingerprint density at radius 1 is 1.36 bits per heavy atom. The summed E-state index contributed by atoms with van der Waals surface area (Å²) in [6, 6.07) is 4.00. The third-order valence-electron chi connectivity index (χ3n) is 2.56. The van der Waals surface area contributed by atoms with Gasteiger partial charge in [0, 0.05) is 6.42 Å². The van der Waals surface area contributed by atoms with E-state index in [9.17, 15) is 4.79 Å². The van der Waals surface area contributed by atoms with Crippen LogP contribution in [0, 0.1) is 13.8 Å². The van der Waals surface area contributed by atoms with E-state index in [0.29, 0.717) is 6.42 Å². The van der Waals surface area contributed by atoms with Crippen molar-refractivity contribution in [2.45, 2.75) is 26.7 Å². The van der Waals surface area contributed by atoms with Crippen molar-refractivity contribution in [1.82, 2.24) is 0 Å². The molecule has 0 aliphatic carbocycles. The maximum Gasteiger partial charge on any atom is 0.122 e. The van der Waals surface area contributed by atoms with Gasteiger partial charge >= 0.3 is 0 Å². The van der Waals surface area contributed by atoms with Gasteiger partial charge in [0.25, 0.3) is 0 Å². The number of aldehydes is 1. The predicted octanol–water partition coefficient (Wildman–Crippen LogP) is 2.44. The van der Waals surface area contributed by atoms with Gasteiger partial charge in [-0.25, -0.2) is 0 Å². The lowest BCUT2D eigenvalue weighted by atomic mass is 9.99. The monoisotopic (exact) mass is 192 g/mol. The molecule has 2 heteroatoms. The second-order valence-electron chi connectivity index (χ2n) is 3.39. The molecule has 0 aliphatic heterocycles. The van der Waals surface area contributed by atoms with Crippen molar-refractivity contribution in [2.24, 2.45) is 0 Å². The van der Waals surface area contributed by atoms with Crippen LogP contribution in [0.25, 0.3) is 0 Å². The van der Waals surface area contributed by atoms with E-state index in [0.717, 1.165) is 24.0 Å². The second kappa shape index (κ2) is 4.80. The summed E-state index contributed by atoms with van der Waals surface area (Å²) in [6.07, 6.45) is 2.27. The van der Waals surface area contributed by atoms with Gasteiger partial charge in [0.15, 0.2) is 0 Å². The molecule has 0 aromatic heterocycles. The van der Waals surface area contributed by atoms with Crippen LogP contribution >= 0.6 is 0 Å². The predicted molar refractivity (Wildman–Crippen MR) is 56.9 cm³/mol. The zero-order valence-electron chi connectivity index (χ0n) is 8.96. The van der Waals surface area contributed by atoms with Gasteiger partial charge in [0.1, 0.15) is 12.0 Å². The highest BCUT2D eigenvalue weighted by atomic mass is 16.5. The van der Waals surface area contributed by atoms with E-state index in [1.807, 2.05) is 12.1 Å². The number of aryl methyl sites for hydroxylation is 1. The highest BCUT2D eigenvalue weighted by molar-refractivity contribution is 5.52. The van der Waals surface area contributed by atoms with Gasteiger partial charge in [-0.05, 0) is 43.0 Å². The highest BCUT2D eigenvalue weighted by Crippen LogP contribution is 2.25. The summed E-state index contributed by atoms with van der Waals surface area (Å²) in [6.45, 7) is 4.14. The van der Waals surface area contributed by atoms with Crippen LogP contribution in [-0.4, -0.2) is 13.4 Å². The van der Waals surface area contributed by atoms with E-state index in [1.165, 1.54) is 11.1 Å². The maximum absolute atomic E-state index is 10.3. The molecule has 0 amide bonds. The number of methoxy groups -OCH3 is 1. The number of ether oxygens (including phenoxy) is 1. The van der Waals surface area contributed by atoms with Crippen molar-refractivity contribution >= 4 is 6.29 Å². The van der Waals surface area contributed by atoms with Crippen molar-refractivity contribution in [2.75, 3.05) is 7.11 Å². The quantitative estimate of drug-likeness (QED) is 0.685. The third-order valence-corrected chi connectivity index (χ3v) is 2.56. The Kier molecular flexibility index (Phi) is 3.69. The van der Waals surface area contributed by atoms with Crippen LogP contribution in [-0.2, 0) is 11.2 Å². The molecule has 0 aliphatic rings. The van der Waals surface area contributed by atoms with Gasteiger partial charge in [-0.15, -0.1) is 0 Å². The van der Waals surface area contributed by atoms with Crippen molar-refractivity contribution in [3.63, 3.8) is 0 Å². The molecule has 0 heterocycles. The van der Waals surface area contributed by atoms with E-state index < -0.39 is 0 Å². The van der Waals surface area contributed by atoms with Crippen LogP contribution in [0.4, 0.5) is 0 Å². The first kappa shape index (κ1) is 10.8. The van der Waals surface area contributed by atoms with Crippen molar-refractivity contribution < 1.29 is 9.53 Å². The normalized spacial score (nSPS) is 9.93. The average Bonchev–Trinajstić information content (AvgIpc) is 2.20. The summed E-state index contributed by atoms with van der Waals surface area (Å²) in [5, 5.41) is 0. The lowest BCUT2D eigenvalue weighted by Gasteiger charge is -2.12. The first-order valence-corrected chi connectivity index (χ1v) is 4.77. The zero-order chi connectivity index (χ0) is 10.6. The fourth-order valence-corrected chi connectivity index (χ4v) is 1.55. The molecule has 0 fully saturated rings. The molecule has 0 atom stereocenters. The molecule has 1 aromatic carbocycles. The molecule has 0 saturated carbocycles. The average molecular weight is 192 g/mol. The number of hydrogen-bond donors (Lipinski definition) is 0. The van der Waals surface area contributed by atoms with E-state index in [1.54, 1.807) is 7.11 Å². The van der Waals surface area contributed by atoms with Crippen molar-refractivity contribution in [3.05, 3.63) is 28.8 Å². The minimum absolute atomic E-state index is 0.556. The Balaban J connectivity index is 3.07. The molecule has 0 bridgehead atoms. The van der Waals surface area contributed by atoms with Crippen molar-refractivity contribution in [1.29, 1.82) is 0 Å². The largest absolute Gasteiger partial charge is 0.496 e. The Morgan fingerprint density at radius 2 is 2.07 bits per heavy atom. The molecule has 2 nitrogen and oxygen atoms in total. The molecule has 0 unspecified atom stereocenters. The van der Waals surface area contributed by atoms with Gasteiger partial charge in [0.2, 0.25) is 0 Å². The van der Waals surface area contributed by atoms with Crippen molar-refractivity contribution in [3.8, 4) is 5.75 Å². The van der Waals surface area contributed by atoms with E-state index >= 15 is 0 Å². The summed E-state index contributed by atoms with van der Waals surface area (Å²) in [5.74, 6) is 0.884. The number of carbonyl (C=O) groups is 1. The van der Waals surface area contributed by atoms with Crippen LogP contribution < -0.4 is 4.74 Å². The SMILES string of the molecule is COc1ccc(C)c(C)c1CCC=O. The minimum Gasteiger partial charge on any atom is -0.496 e. The summed E-state index contributed by atoms with van der Waals surface area (Å²) in [5.41, 5.74) is 3.62. The number of rotatable bonds is 4. The molecule has 0 spiro atoms. The molecular weight excluding hydrogens is 176 g/mol. The molecule has 0 saturated heterocycles. The minimum atomic E-state index is 0.556. The summed E-state index contributed by atoms with van der Waals surface area (Å²) < 4.78 is 5.26. The van der Waals surface area contributed by atoms with Gasteiger partial charge in [0.05, 0.1) is 7.11 Å². The highest BCUT2D eigenvalue weighted by Gasteiger charge is 2.07. The van der Waals surface area contributed by atoms with Crippen LogP contribution in [0.2, 0.25) is 0 Å². The van der Waals surface area contributed by atoms with E-state index in [4.69, 9.17) is 4.74 Å². The van der Waals surface area contributed by atoms with Gasteiger partial charge in [-0.2, -0.15) is 0 Å². The summed E-state index contributed by atoms with van der Waals surface area (Å²) >= 11 is 0. The summed E-state index contributed by atoms with van der Waals surface area (Å²) in [7, 11) is 1.66. The fourth-order valence-electron chi connectivity index (χ4n) is 1.55. The second-order valence-corrected chi connectivity index (χ2v) is 3.39. The third kappa shape index (κ3) is 2.13. The smallest absolute Gasteiger partial charge is 0.122 e. The Hall–Kier alpha value is -1.31. The van der Waals surface area contributed by atoms with Crippen LogP contribution in [0.3, 0.4) is 0 Å². The van der Waals surface area contributed by atoms with E-state index in [-0.39, 0.29) is 0 Å². The van der Waals surface area contributed by atoms with Gasteiger partial charge in [-0.1, -0.05) is 6.07 Å². The first-order valence-electron chi connectivity index (χ1n) is 4.77. The first-order chi connectivity index (χ1) is 6.70. The molecule has 14 heavy (non-hydrogen) atoms. The van der Waals surface area contributed by atoms with Gasteiger partial charge in [-0.3, -0.25) is 0 Å². The number of benzene rings is 1. The van der Waals surface area contributed by atoms with Crippen LogP contribution in [0.5, 0.6) is 5.75 Å². The molecular formula is C12H16O2. The van der Waals surface area contributed by atoms with Gasteiger partial charge < -0.3 is 9.53 Å². The lowest BCUT2D eigenvalue weighted by Crippen LogP contribution is -1.98. The summed E-state index contributed by atoms with van der Waals surface area (Å²) in [4.78, 5) is 10.3. The molecule has 0 radical (unpaired) electrons. The van der Waals surface area contributed by atoms with Crippen LogP contribution in [0.1, 0.15) is 23.1 Å². The Morgan fingerprint density at radius 3 is 2.64 bits per heavy atom. The zero-order valence-corrected chi connectivity index (χ0v) is 8.96. The lowest BCUT2D eigenvalue weighted by molar-refractivity contribution is -0.107.